The van der Waals surface area contributed by atoms with Crippen molar-refractivity contribution in [2.45, 2.75) is 6.10 Å². The van der Waals surface area contributed by atoms with Crippen LogP contribution >= 0.6 is 11.3 Å². The summed E-state index contributed by atoms with van der Waals surface area (Å²) in [5.41, 5.74) is 1.32. The first-order chi connectivity index (χ1) is 14.1. The van der Waals surface area contributed by atoms with Crippen LogP contribution in [0.2, 0.25) is 0 Å². The van der Waals surface area contributed by atoms with E-state index in [0.29, 0.717) is 41.9 Å². The van der Waals surface area contributed by atoms with Crippen molar-refractivity contribution in [1.29, 1.82) is 0 Å². The lowest BCUT2D eigenvalue weighted by molar-refractivity contribution is -0.136. The van der Waals surface area contributed by atoms with Crippen molar-refractivity contribution in [3.63, 3.8) is 0 Å². The summed E-state index contributed by atoms with van der Waals surface area (Å²) >= 11 is 1.54. The first-order valence-corrected chi connectivity index (χ1v) is 9.83. The molecule has 3 N–H and O–H groups in total. The van der Waals surface area contributed by atoms with Crippen LogP contribution in [-0.2, 0) is 9.59 Å². The minimum atomic E-state index is -1.08. The number of ether oxygens (including phenoxy) is 2. The molecule has 1 aliphatic heterocycles. The zero-order chi connectivity index (χ0) is 20.2. The number of aliphatic hydroxyl groups is 1. The van der Waals surface area contributed by atoms with Gasteiger partial charge in [0.1, 0.15) is 30.8 Å². The summed E-state index contributed by atoms with van der Waals surface area (Å²) in [7, 11) is 0. The number of hydrogen-bond donors (Lipinski definition) is 3. The molecule has 8 nitrogen and oxygen atoms in total. The van der Waals surface area contributed by atoms with Crippen molar-refractivity contribution in [2.24, 2.45) is 0 Å². The second-order valence-corrected chi connectivity index (χ2v) is 7.03. The van der Waals surface area contributed by atoms with Gasteiger partial charge in [-0.05, 0) is 35.7 Å². The monoisotopic (exact) mass is 414 g/mol. The number of thiophene rings is 1. The van der Waals surface area contributed by atoms with Crippen molar-refractivity contribution < 1.29 is 28.6 Å². The molecule has 3 aromatic rings. The number of amides is 2. The van der Waals surface area contributed by atoms with Crippen molar-refractivity contribution in [3.05, 3.63) is 52.9 Å². The van der Waals surface area contributed by atoms with E-state index in [4.69, 9.17) is 13.9 Å². The molecular weight excluding hydrogens is 396 g/mol. The number of rotatable bonds is 5. The molecule has 2 amide bonds. The molecule has 0 bridgehead atoms. The van der Waals surface area contributed by atoms with Gasteiger partial charge in [-0.25, -0.2) is 0 Å². The molecule has 150 valence electrons. The van der Waals surface area contributed by atoms with E-state index >= 15 is 0 Å². The predicted molar refractivity (Wildman–Crippen MR) is 106 cm³/mol. The number of benzene rings is 1. The molecule has 0 saturated carbocycles. The van der Waals surface area contributed by atoms with Gasteiger partial charge < -0.3 is 29.6 Å². The Labute approximate surface area is 170 Å². The van der Waals surface area contributed by atoms with E-state index in [-0.39, 0.29) is 6.54 Å². The number of furan rings is 1. The van der Waals surface area contributed by atoms with E-state index in [1.54, 1.807) is 30.3 Å². The van der Waals surface area contributed by atoms with Gasteiger partial charge in [0.05, 0.1) is 6.54 Å². The van der Waals surface area contributed by atoms with E-state index in [2.05, 4.69) is 10.6 Å². The summed E-state index contributed by atoms with van der Waals surface area (Å²) in [4.78, 5) is 24.1. The molecule has 1 aromatic carbocycles. The van der Waals surface area contributed by atoms with Gasteiger partial charge in [-0.2, -0.15) is 11.3 Å². The van der Waals surface area contributed by atoms with Gasteiger partial charge in [-0.1, -0.05) is 0 Å². The third-order valence-electron chi connectivity index (χ3n) is 4.22. The molecule has 0 radical (unpaired) electrons. The molecule has 0 unspecified atom stereocenters. The van der Waals surface area contributed by atoms with Crippen LogP contribution in [-0.4, -0.2) is 36.7 Å². The molecular formula is C20H18N2O6S. The van der Waals surface area contributed by atoms with Crippen molar-refractivity contribution >= 4 is 28.8 Å². The van der Waals surface area contributed by atoms with Crippen molar-refractivity contribution in [2.75, 3.05) is 25.1 Å². The summed E-state index contributed by atoms with van der Waals surface area (Å²) in [6.45, 7) is 0.724. The summed E-state index contributed by atoms with van der Waals surface area (Å²) < 4.78 is 16.5. The number of carbonyl (C=O) groups excluding carboxylic acids is 2. The lowest BCUT2D eigenvalue weighted by atomic mass is 10.2. The van der Waals surface area contributed by atoms with Gasteiger partial charge in [0.2, 0.25) is 0 Å². The third-order valence-corrected chi connectivity index (χ3v) is 4.91. The third kappa shape index (κ3) is 4.41. The standard InChI is InChI=1S/C20H18N2O6S/c23-14(16-4-3-15(28-16)12-5-8-29-11-12)10-21-19(24)20(25)22-13-1-2-17-18(9-13)27-7-6-26-17/h1-5,8-9,11,14,23H,6-7,10H2,(H,21,24)(H,22,25)/t14-/m1/s1. The van der Waals surface area contributed by atoms with Gasteiger partial charge >= 0.3 is 11.8 Å². The van der Waals surface area contributed by atoms with Crippen LogP contribution in [0.1, 0.15) is 11.9 Å². The van der Waals surface area contributed by atoms with Crippen molar-refractivity contribution in [1.82, 2.24) is 5.32 Å². The average Bonchev–Trinajstić information content (AvgIpc) is 3.43. The van der Waals surface area contributed by atoms with Crippen LogP contribution in [0.5, 0.6) is 11.5 Å². The minimum absolute atomic E-state index is 0.163. The highest BCUT2D eigenvalue weighted by Gasteiger charge is 2.19. The number of hydrogen-bond acceptors (Lipinski definition) is 7. The van der Waals surface area contributed by atoms with Gasteiger partial charge in [0.25, 0.3) is 0 Å². The highest BCUT2D eigenvalue weighted by molar-refractivity contribution is 7.08. The first-order valence-electron chi connectivity index (χ1n) is 8.89. The summed E-state index contributed by atoms with van der Waals surface area (Å²) in [5.74, 6) is 0.295. The Bertz CT molecular complexity index is 1010. The maximum Gasteiger partial charge on any atom is 0.313 e. The molecule has 4 rings (SSSR count). The first kappa shape index (κ1) is 19.0. The van der Waals surface area contributed by atoms with Crippen LogP contribution in [0.4, 0.5) is 5.69 Å². The van der Waals surface area contributed by atoms with Crippen LogP contribution in [0.15, 0.2) is 51.6 Å². The van der Waals surface area contributed by atoms with E-state index in [0.717, 1.165) is 5.56 Å². The van der Waals surface area contributed by atoms with E-state index in [1.165, 1.54) is 11.3 Å². The fourth-order valence-corrected chi connectivity index (χ4v) is 3.42. The zero-order valence-electron chi connectivity index (χ0n) is 15.2. The number of aliphatic hydroxyl groups excluding tert-OH is 1. The lowest BCUT2D eigenvalue weighted by Crippen LogP contribution is -2.37. The number of carbonyl (C=O) groups is 2. The number of fused-ring (bicyclic) bond motifs is 1. The maximum atomic E-state index is 12.1. The second kappa shape index (κ2) is 8.38. The molecule has 29 heavy (non-hydrogen) atoms. The lowest BCUT2D eigenvalue weighted by Gasteiger charge is -2.19. The Balaban J connectivity index is 1.30. The highest BCUT2D eigenvalue weighted by atomic mass is 32.1. The topological polar surface area (TPSA) is 110 Å². The molecule has 0 aliphatic carbocycles. The summed E-state index contributed by atoms with van der Waals surface area (Å²) in [5, 5.41) is 19.0. The Morgan fingerprint density at radius 3 is 2.69 bits per heavy atom. The fourth-order valence-electron chi connectivity index (χ4n) is 2.77. The Morgan fingerprint density at radius 2 is 1.90 bits per heavy atom. The fraction of sp³-hybridized carbons (Fsp3) is 0.200. The van der Waals surface area contributed by atoms with E-state index in [9.17, 15) is 14.7 Å². The SMILES string of the molecule is O=C(NC[C@@H](O)c1ccc(-c2ccsc2)o1)C(=O)Nc1ccc2c(c1)OCCO2. The number of anilines is 1. The Kier molecular flexibility index (Phi) is 5.50. The van der Waals surface area contributed by atoms with Gasteiger partial charge in [-0.3, -0.25) is 9.59 Å². The summed E-state index contributed by atoms with van der Waals surface area (Å²) in [6, 6.07) is 10.2. The molecule has 2 aromatic heterocycles. The largest absolute Gasteiger partial charge is 0.486 e. The second-order valence-electron chi connectivity index (χ2n) is 6.25. The molecule has 0 fully saturated rings. The molecule has 3 heterocycles. The molecule has 1 atom stereocenters. The highest BCUT2D eigenvalue weighted by Crippen LogP contribution is 2.32. The maximum absolute atomic E-state index is 12.1. The summed E-state index contributed by atoms with van der Waals surface area (Å²) in [6.07, 6.45) is -1.08. The van der Waals surface area contributed by atoms with Gasteiger partial charge in [0.15, 0.2) is 11.5 Å². The van der Waals surface area contributed by atoms with Crippen LogP contribution in [0, 0.1) is 0 Å². The zero-order valence-corrected chi connectivity index (χ0v) is 16.0. The number of nitrogens with one attached hydrogen (secondary N) is 2. The van der Waals surface area contributed by atoms with Crippen LogP contribution < -0.4 is 20.1 Å². The molecule has 0 saturated heterocycles. The minimum Gasteiger partial charge on any atom is -0.486 e. The molecule has 1 aliphatic rings. The van der Waals surface area contributed by atoms with Crippen LogP contribution in [0.3, 0.4) is 0 Å². The quantitative estimate of drug-likeness (QED) is 0.554. The van der Waals surface area contributed by atoms with E-state index in [1.807, 2.05) is 16.8 Å². The normalized spacial score (nSPS) is 13.6. The van der Waals surface area contributed by atoms with Gasteiger partial charge in [-0.15, -0.1) is 0 Å². The van der Waals surface area contributed by atoms with E-state index < -0.39 is 17.9 Å². The average molecular weight is 414 g/mol. The smallest absolute Gasteiger partial charge is 0.313 e. The molecule has 9 heteroatoms. The van der Waals surface area contributed by atoms with Crippen molar-refractivity contribution in [3.8, 4) is 22.8 Å². The van der Waals surface area contributed by atoms with Crippen LogP contribution in [0.25, 0.3) is 11.3 Å². The Morgan fingerprint density at radius 1 is 1.07 bits per heavy atom. The Hall–Kier alpha value is -3.30. The molecule has 0 spiro atoms. The van der Waals surface area contributed by atoms with Gasteiger partial charge in [0, 0.05) is 22.7 Å². The predicted octanol–water partition coefficient (Wildman–Crippen LogP) is 2.57.